The molecule has 1 unspecified atom stereocenters. The van der Waals surface area contributed by atoms with Crippen molar-refractivity contribution in [2.75, 3.05) is 13.1 Å². The third-order valence-electron chi connectivity index (χ3n) is 1.97. The van der Waals surface area contributed by atoms with Crippen molar-refractivity contribution in [3.63, 3.8) is 0 Å². The standard InChI is InChI=1S/C6H12N4O3S/c1-4(11)5-3-10(14(8,12)13)9-6(5)2-7/h5H,2-3,7H2,1H3,(H2,8,12,13). The van der Waals surface area contributed by atoms with E-state index in [0.29, 0.717) is 10.1 Å². The van der Waals surface area contributed by atoms with E-state index in [1.54, 1.807) is 0 Å². The summed E-state index contributed by atoms with van der Waals surface area (Å²) in [4.78, 5) is 11.1. The lowest BCUT2D eigenvalue weighted by Crippen LogP contribution is -2.34. The van der Waals surface area contributed by atoms with E-state index < -0.39 is 16.1 Å². The van der Waals surface area contributed by atoms with Gasteiger partial charge in [-0.3, -0.25) is 4.79 Å². The average molecular weight is 220 g/mol. The Balaban J connectivity index is 2.94. The fourth-order valence-electron chi connectivity index (χ4n) is 1.22. The molecule has 1 heterocycles. The van der Waals surface area contributed by atoms with Crippen LogP contribution < -0.4 is 10.9 Å². The minimum atomic E-state index is -3.87. The number of Topliss-reactive ketones (excluding diaryl/α,β-unsaturated/α-hetero) is 1. The van der Waals surface area contributed by atoms with Gasteiger partial charge in [-0.05, 0) is 6.92 Å². The third-order valence-corrected chi connectivity index (χ3v) is 2.79. The van der Waals surface area contributed by atoms with Crippen LogP contribution in [0.5, 0.6) is 0 Å². The lowest BCUT2D eigenvalue weighted by molar-refractivity contribution is -0.118. The maximum Gasteiger partial charge on any atom is 0.313 e. The van der Waals surface area contributed by atoms with Crippen molar-refractivity contribution in [1.29, 1.82) is 0 Å². The first-order chi connectivity index (χ1) is 6.36. The third kappa shape index (κ3) is 2.08. The van der Waals surface area contributed by atoms with Gasteiger partial charge in [0.2, 0.25) is 0 Å². The first-order valence-electron chi connectivity index (χ1n) is 3.94. The molecule has 0 aromatic rings. The van der Waals surface area contributed by atoms with Gasteiger partial charge in [0.15, 0.2) is 0 Å². The van der Waals surface area contributed by atoms with Crippen LogP contribution in [0.4, 0.5) is 0 Å². The van der Waals surface area contributed by atoms with Gasteiger partial charge in [-0.15, -0.1) is 0 Å². The molecule has 7 nitrogen and oxygen atoms in total. The van der Waals surface area contributed by atoms with Gasteiger partial charge in [-0.1, -0.05) is 0 Å². The number of carbonyl (C=O) groups excluding carboxylic acids is 1. The molecule has 0 aromatic heterocycles. The lowest BCUT2D eigenvalue weighted by Gasteiger charge is -2.10. The molecule has 1 atom stereocenters. The quantitative estimate of drug-likeness (QED) is 0.573. The van der Waals surface area contributed by atoms with E-state index in [1.165, 1.54) is 6.92 Å². The Kier molecular flexibility index (Phi) is 2.88. The van der Waals surface area contributed by atoms with E-state index in [-0.39, 0.29) is 18.9 Å². The molecule has 1 aliphatic heterocycles. The highest BCUT2D eigenvalue weighted by Gasteiger charge is 2.33. The smallest absolute Gasteiger partial charge is 0.313 e. The van der Waals surface area contributed by atoms with E-state index in [9.17, 15) is 13.2 Å². The first-order valence-corrected chi connectivity index (χ1v) is 5.45. The van der Waals surface area contributed by atoms with Gasteiger partial charge >= 0.3 is 10.2 Å². The van der Waals surface area contributed by atoms with Gasteiger partial charge in [-0.25, -0.2) is 5.14 Å². The minimum Gasteiger partial charge on any atom is -0.325 e. The minimum absolute atomic E-state index is 0.0410. The molecule has 80 valence electrons. The van der Waals surface area contributed by atoms with Gasteiger partial charge in [0.25, 0.3) is 0 Å². The number of ketones is 1. The van der Waals surface area contributed by atoms with Crippen LogP contribution in [-0.4, -0.2) is 37.4 Å². The van der Waals surface area contributed by atoms with Crippen LogP contribution in [0.25, 0.3) is 0 Å². The molecule has 0 spiro atoms. The van der Waals surface area contributed by atoms with E-state index in [0.717, 1.165) is 0 Å². The summed E-state index contributed by atoms with van der Waals surface area (Å²) in [5.41, 5.74) is 5.68. The largest absolute Gasteiger partial charge is 0.325 e. The van der Waals surface area contributed by atoms with Gasteiger partial charge < -0.3 is 5.73 Å². The van der Waals surface area contributed by atoms with Crippen molar-refractivity contribution in [1.82, 2.24) is 4.41 Å². The number of carbonyl (C=O) groups is 1. The van der Waals surface area contributed by atoms with Crippen LogP contribution in [0.3, 0.4) is 0 Å². The van der Waals surface area contributed by atoms with E-state index in [2.05, 4.69) is 5.10 Å². The summed E-state index contributed by atoms with van der Waals surface area (Å²) in [6.45, 7) is 1.37. The average Bonchev–Trinajstić information content (AvgIpc) is 2.45. The van der Waals surface area contributed by atoms with Crippen LogP contribution in [0.15, 0.2) is 5.10 Å². The van der Waals surface area contributed by atoms with Crippen LogP contribution in [0, 0.1) is 5.92 Å². The number of nitrogens with two attached hydrogens (primary N) is 2. The molecule has 0 radical (unpaired) electrons. The number of hydrogen-bond donors (Lipinski definition) is 2. The van der Waals surface area contributed by atoms with Crippen LogP contribution in [0.1, 0.15) is 6.92 Å². The topological polar surface area (TPSA) is 119 Å². The zero-order valence-corrected chi connectivity index (χ0v) is 8.49. The Morgan fingerprint density at radius 3 is 2.57 bits per heavy atom. The Morgan fingerprint density at radius 1 is 1.71 bits per heavy atom. The summed E-state index contributed by atoms with van der Waals surface area (Å²) in [5.74, 6) is -0.723. The van der Waals surface area contributed by atoms with Crippen LogP contribution in [0.2, 0.25) is 0 Å². The number of hydrazone groups is 1. The molecule has 0 aromatic carbocycles. The number of rotatable bonds is 3. The molecule has 0 amide bonds. The van der Waals surface area contributed by atoms with Crippen molar-refractivity contribution < 1.29 is 13.2 Å². The van der Waals surface area contributed by atoms with Gasteiger partial charge in [-0.2, -0.15) is 17.9 Å². The van der Waals surface area contributed by atoms with Crippen molar-refractivity contribution in [3.05, 3.63) is 0 Å². The van der Waals surface area contributed by atoms with Crippen molar-refractivity contribution in [2.45, 2.75) is 6.92 Å². The van der Waals surface area contributed by atoms with Crippen molar-refractivity contribution in [3.8, 4) is 0 Å². The van der Waals surface area contributed by atoms with Crippen molar-refractivity contribution >= 4 is 21.7 Å². The Labute approximate surface area is 81.9 Å². The Morgan fingerprint density at radius 2 is 2.29 bits per heavy atom. The number of nitrogens with zero attached hydrogens (tertiary/aromatic N) is 2. The van der Waals surface area contributed by atoms with Gasteiger partial charge in [0, 0.05) is 6.54 Å². The molecule has 0 fully saturated rings. The molecule has 4 N–H and O–H groups in total. The maximum absolute atomic E-state index is 11.1. The Bertz CT molecular complexity index is 375. The zero-order chi connectivity index (χ0) is 10.9. The highest BCUT2D eigenvalue weighted by atomic mass is 32.2. The fourth-order valence-corrected chi connectivity index (χ4v) is 1.80. The van der Waals surface area contributed by atoms with Crippen LogP contribution in [-0.2, 0) is 15.0 Å². The number of hydrogen-bond acceptors (Lipinski definition) is 5. The SMILES string of the molecule is CC(=O)C1CN(S(N)(=O)=O)N=C1CN. The predicted octanol–water partition coefficient (Wildman–Crippen LogP) is -1.97. The normalized spacial score (nSPS) is 22.4. The summed E-state index contributed by atoms with van der Waals surface area (Å²) in [7, 11) is -3.87. The summed E-state index contributed by atoms with van der Waals surface area (Å²) in [6.07, 6.45) is 0. The molecular weight excluding hydrogens is 208 g/mol. The second kappa shape index (κ2) is 3.64. The zero-order valence-electron chi connectivity index (χ0n) is 7.67. The molecule has 0 bridgehead atoms. The second-order valence-corrected chi connectivity index (χ2v) is 4.46. The molecule has 8 heteroatoms. The summed E-state index contributed by atoms with van der Waals surface area (Å²) >= 11 is 0. The fraction of sp³-hybridized carbons (Fsp3) is 0.667. The second-order valence-electron chi connectivity index (χ2n) is 3.01. The van der Waals surface area contributed by atoms with Gasteiger partial charge in [0.05, 0.1) is 18.2 Å². The van der Waals surface area contributed by atoms with Gasteiger partial charge in [0.1, 0.15) is 5.78 Å². The lowest BCUT2D eigenvalue weighted by atomic mass is 10.0. The monoisotopic (exact) mass is 220 g/mol. The summed E-state index contributed by atoms with van der Waals surface area (Å²) in [5, 5.41) is 8.53. The molecule has 0 aliphatic carbocycles. The summed E-state index contributed by atoms with van der Waals surface area (Å²) in [6, 6.07) is 0. The maximum atomic E-state index is 11.1. The van der Waals surface area contributed by atoms with E-state index in [1.807, 2.05) is 0 Å². The summed E-state index contributed by atoms with van der Waals surface area (Å²) < 4.78 is 22.5. The molecule has 0 saturated carbocycles. The molecule has 0 saturated heterocycles. The Hall–Kier alpha value is -0.990. The molecule has 1 aliphatic rings. The molecule has 1 rings (SSSR count). The van der Waals surface area contributed by atoms with Crippen LogP contribution >= 0.6 is 0 Å². The predicted molar refractivity (Wildman–Crippen MR) is 50.5 cm³/mol. The van der Waals surface area contributed by atoms with Crippen molar-refractivity contribution in [2.24, 2.45) is 21.9 Å². The molecular formula is C6H12N4O3S. The highest BCUT2D eigenvalue weighted by molar-refractivity contribution is 7.86. The molecule has 14 heavy (non-hydrogen) atoms. The van der Waals surface area contributed by atoms with E-state index >= 15 is 0 Å². The van der Waals surface area contributed by atoms with E-state index in [4.69, 9.17) is 10.9 Å². The first kappa shape index (κ1) is 11.1. The highest BCUT2D eigenvalue weighted by Crippen LogP contribution is 2.15.